The molecule has 0 aliphatic heterocycles. The van der Waals surface area contributed by atoms with Gasteiger partial charge in [-0.25, -0.2) is 0 Å². The van der Waals surface area contributed by atoms with E-state index >= 15 is 0 Å². The molecule has 0 heterocycles. The molecule has 0 saturated heterocycles. The predicted octanol–water partition coefficient (Wildman–Crippen LogP) is 2.72. The Morgan fingerprint density at radius 2 is 1.89 bits per heavy atom. The molecule has 2 saturated carbocycles. The van der Waals surface area contributed by atoms with Gasteiger partial charge in [0.05, 0.1) is 18.8 Å². The lowest BCUT2D eigenvalue weighted by molar-refractivity contribution is -0.00741. The number of hydrogen-bond acceptors (Lipinski definition) is 3. The van der Waals surface area contributed by atoms with Crippen molar-refractivity contribution in [2.45, 2.75) is 77.0 Å². The number of aliphatic hydroxyl groups is 1. The van der Waals surface area contributed by atoms with Crippen LogP contribution in [0, 0.1) is 11.8 Å². The predicted molar refractivity (Wildman–Crippen MR) is 78.2 cm³/mol. The highest BCUT2D eigenvalue weighted by molar-refractivity contribution is 4.81. The summed E-state index contributed by atoms with van der Waals surface area (Å²) in [5, 5.41) is 13.5. The smallest absolute Gasteiger partial charge is 0.0897 e. The van der Waals surface area contributed by atoms with E-state index in [-0.39, 0.29) is 6.10 Å². The molecule has 4 unspecified atom stereocenters. The van der Waals surface area contributed by atoms with E-state index in [1.54, 1.807) is 0 Å². The Kier molecular flexibility index (Phi) is 6.11. The number of ether oxygens (including phenoxy) is 1. The van der Waals surface area contributed by atoms with Gasteiger partial charge in [0.15, 0.2) is 0 Å². The zero-order chi connectivity index (χ0) is 13.7. The van der Waals surface area contributed by atoms with Crippen LogP contribution in [0.1, 0.15) is 58.8 Å². The molecule has 19 heavy (non-hydrogen) atoms. The first-order valence-corrected chi connectivity index (χ1v) is 8.18. The third kappa shape index (κ3) is 5.05. The van der Waals surface area contributed by atoms with Crippen molar-refractivity contribution in [3.05, 3.63) is 0 Å². The molecule has 0 aromatic rings. The second-order valence-corrected chi connectivity index (χ2v) is 6.80. The van der Waals surface area contributed by atoms with Gasteiger partial charge in [-0.2, -0.15) is 0 Å². The maximum Gasteiger partial charge on any atom is 0.0897 e. The van der Waals surface area contributed by atoms with Gasteiger partial charge >= 0.3 is 0 Å². The van der Waals surface area contributed by atoms with Crippen molar-refractivity contribution in [3.8, 4) is 0 Å². The summed E-state index contributed by atoms with van der Waals surface area (Å²) < 4.78 is 5.76. The number of aliphatic hydroxyl groups excluding tert-OH is 1. The van der Waals surface area contributed by atoms with Crippen LogP contribution in [0.3, 0.4) is 0 Å². The van der Waals surface area contributed by atoms with Gasteiger partial charge in [-0.15, -0.1) is 0 Å². The summed E-state index contributed by atoms with van der Waals surface area (Å²) in [6, 6.07) is 0.581. The minimum atomic E-state index is -0.354. The Morgan fingerprint density at radius 1 is 1.16 bits per heavy atom. The first-order chi connectivity index (χ1) is 9.15. The van der Waals surface area contributed by atoms with Crippen LogP contribution in [0.2, 0.25) is 0 Å². The fourth-order valence-electron chi connectivity index (χ4n) is 3.62. The van der Waals surface area contributed by atoms with Crippen molar-refractivity contribution in [2.24, 2.45) is 11.8 Å². The summed E-state index contributed by atoms with van der Waals surface area (Å²) in [5.74, 6) is 1.59. The Hall–Kier alpha value is -0.120. The van der Waals surface area contributed by atoms with Crippen molar-refractivity contribution in [1.82, 2.24) is 5.32 Å². The minimum Gasteiger partial charge on any atom is -0.389 e. The number of nitrogens with one attached hydrogen (secondary N) is 1. The molecule has 0 aromatic carbocycles. The van der Waals surface area contributed by atoms with Crippen LogP contribution in [0.4, 0.5) is 0 Å². The Bertz CT molecular complexity index is 253. The topological polar surface area (TPSA) is 41.5 Å². The maximum absolute atomic E-state index is 9.99. The normalized spacial score (nSPS) is 34.6. The van der Waals surface area contributed by atoms with E-state index in [0.717, 1.165) is 11.8 Å². The van der Waals surface area contributed by atoms with Gasteiger partial charge in [0, 0.05) is 12.6 Å². The van der Waals surface area contributed by atoms with Gasteiger partial charge in [-0.05, 0) is 43.9 Å². The molecule has 3 nitrogen and oxygen atoms in total. The largest absolute Gasteiger partial charge is 0.389 e. The maximum atomic E-state index is 9.99. The second-order valence-electron chi connectivity index (χ2n) is 6.80. The minimum absolute atomic E-state index is 0.354. The highest BCUT2D eigenvalue weighted by atomic mass is 16.5. The molecule has 0 amide bonds. The molecule has 2 aliphatic carbocycles. The molecule has 2 N–H and O–H groups in total. The van der Waals surface area contributed by atoms with E-state index in [9.17, 15) is 5.11 Å². The lowest BCUT2D eigenvalue weighted by atomic mass is 9.80. The third-order valence-corrected chi connectivity index (χ3v) is 4.87. The summed E-state index contributed by atoms with van der Waals surface area (Å²) in [4.78, 5) is 0. The number of rotatable bonds is 6. The molecule has 2 aliphatic rings. The van der Waals surface area contributed by atoms with Crippen molar-refractivity contribution in [1.29, 1.82) is 0 Å². The van der Waals surface area contributed by atoms with E-state index in [2.05, 4.69) is 19.2 Å². The summed E-state index contributed by atoms with van der Waals surface area (Å²) in [6.45, 7) is 5.84. The molecule has 3 heteroatoms. The monoisotopic (exact) mass is 269 g/mol. The van der Waals surface area contributed by atoms with Gasteiger partial charge in [-0.3, -0.25) is 0 Å². The zero-order valence-corrected chi connectivity index (χ0v) is 12.6. The van der Waals surface area contributed by atoms with Crippen LogP contribution >= 0.6 is 0 Å². The molecule has 0 bridgehead atoms. The van der Waals surface area contributed by atoms with Crippen LogP contribution in [-0.4, -0.2) is 36.5 Å². The van der Waals surface area contributed by atoms with Crippen LogP contribution in [0.25, 0.3) is 0 Å². The first-order valence-electron chi connectivity index (χ1n) is 8.18. The summed E-state index contributed by atoms with van der Waals surface area (Å²) in [6.07, 6.45) is 8.86. The van der Waals surface area contributed by atoms with E-state index < -0.39 is 0 Å². The Morgan fingerprint density at radius 3 is 2.58 bits per heavy atom. The van der Waals surface area contributed by atoms with Gasteiger partial charge < -0.3 is 15.2 Å². The van der Waals surface area contributed by atoms with Crippen LogP contribution in [0.5, 0.6) is 0 Å². The summed E-state index contributed by atoms with van der Waals surface area (Å²) in [5.41, 5.74) is 0. The summed E-state index contributed by atoms with van der Waals surface area (Å²) >= 11 is 0. The SMILES string of the molecule is CC1CCC(NCC(O)COC2CCCC2)C(C)C1. The Labute approximate surface area is 118 Å². The first kappa shape index (κ1) is 15.3. The molecule has 0 radical (unpaired) electrons. The van der Waals surface area contributed by atoms with Gasteiger partial charge in [0.1, 0.15) is 0 Å². The van der Waals surface area contributed by atoms with Crippen LogP contribution in [0.15, 0.2) is 0 Å². The second kappa shape index (κ2) is 7.61. The lowest BCUT2D eigenvalue weighted by Gasteiger charge is -2.33. The molecular weight excluding hydrogens is 238 g/mol. The zero-order valence-electron chi connectivity index (χ0n) is 12.6. The van der Waals surface area contributed by atoms with Crippen molar-refractivity contribution >= 4 is 0 Å². The van der Waals surface area contributed by atoms with Crippen LogP contribution < -0.4 is 5.32 Å². The molecule has 0 spiro atoms. The van der Waals surface area contributed by atoms with Crippen molar-refractivity contribution in [2.75, 3.05) is 13.2 Å². The van der Waals surface area contributed by atoms with E-state index in [0.29, 0.717) is 25.3 Å². The molecule has 4 atom stereocenters. The fraction of sp³-hybridized carbons (Fsp3) is 1.00. The van der Waals surface area contributed by atoms with Gasteiger partial charge in [-0.1, -0.05) is 26.7 Å². The molecule has 0 aromatic heterocycles. The van der Waals surface area contributed by atoms with Gasteiger partial charge in [0.2, 0.25) is 0 Å². The fourth-order valence-corrected chi connectivity index (χ4v) is 3.62. The quantitative estimate of drug-likeness (QED) is 0.779. The highest BCUT2D eigenvalue weighted by Gasteiger charge is 2.25. The van der Waals surface area contributed by atoms with E-state index in [1.807, 2.05) is 0 Å². The van der Waals surface area contributed by atoms with E-state index in [1.165, 1.54) is 44.9 Å². The molecule has 2 fully saturated rings. The van der Waals surface area contributed by atoms with Crippen LogP contribution in [-0.2, 0) is 4.74 Å². The molecule has 112 valence electrons. The number of hydrogen-bond donors (Lipinski definition) is 2. The average Bonchev–Trinajstić information content (AvgIpc) is 2.88. The molecule has 2 rings (SSSR count). The van der Waals surface area contributed by atoms with Crippen molar-refractivity contribution < 1.29 is 9.84 Å². The summed E-state index contributed by atoms with van der Waals surface area (Å²) in [7, 11) is 0. The molecular formula is C16H31NO2. The van der Waals surface area contributed by atoms with Gasteiger partial charge in [0.25, 0.3) is 0 Å². The van der Waals surface area contributed by atoms with E-state index in [4.69, 9.17) is 4.74 Å². The third-order valence-electron chi connectivity index (χ3n) is 4.87. The standard InChI is InChI=1S/C16H31NO2/c1-12-7-8-16(13(2)9-12)17-10-14(18)11-19-15-5-3-4-6-15/h12-18H,3-11H2,1-2H3. The average molecular weight is 269 g/mol. The van der Waals surface area contributed by atoms with Crippen molar-refractivity contribution in [3.63, 3.8) is 0 Å². The lowest BCUT2D eigenvalue weighted by Crippen LogP contribution is -2.43. The Balaban J connectivity index is 1.58. The highest BCUT2D eigenvalue weighted by Crippen LogP contribution is 2.28.